The van der Waals surface area contributed by atoms with Crippen LogP contribution in [0.15, 0.2) is 0 Å². The summed E-state index contributed by atoms with van der Waals surface area (Å²) in [5, 5.41) is 8.55. The lowest BCUT2D eigenvalue weighted by Gasteiger charge is -2.54. The van der Waals surface area contributed by atoms with Gasteiger partial charge in [0.25, 0.3) is 0 Å². The van der Waals surface area contributed by atoms with Gasteiger partial charge in [-0.15, -0.1) is 11.8 Å². The molecule has 1 aliphatic carbocycles. The number of carbonyl (C=O) groups is 2. The van der Waals surface area contributed by atoms with Crippen LogP contribution in [0, 0.1) is 5.41 Å². The molecule has 0 saturated heterocycles. The summed E-state index contributed by atoms with van der Waals surface area (Å²) in [6, 6.07) is 0.168. The van der Waals surface area contributed by atoms with Crippen LogP contribution >= 0.6 is 11.8 Å². The molecule has 1 aliphatic rings. The molecule has 1 saturated carbocycles. The van der Waals surface area contributed by atoms with Crippen molar-refractivity contribution in [3.05, 3.63) is 0 Å². The molecule has 5 nitrogen and oxygen atoms in total. The van der Waals surface area contributed by atoms with Crippen molar-refractivity contribution in [3.63, 3.8) is 0 Å². The van der Waals surface area contributed by atoms with Gasteiger partial charge >= 0.3 is 5.97 Å². The summed E-state index contributed by atoms with van der Waals surface area (Å²) in [6.45, 7) is 6.87. The fraction of sp³-hybridized carbons (Fsp3) is 0.846. The van der Waals surface area contributed by atoms with Crippen LogP contribution in [0.5, 0.6) is 0 Å². The Labute approximate surface area is 118 Å². The van der Waals surface area contributed by atoms with Gasteiger partial charge in [0, 0.05) is 25.1 Å². The molecule has 0 spiro atoms. The van der Waals surface area contributed by atoms with Gasteiger partial charge in [-0.2, -0.15) is 0 Å². The van der Waals surface area contributed by atoms with Crippen LogP contribution in [-0.4, -0.2) is 59.2 Å². The molecule has 1 N–H and O–H groups in total. The summed E-state index contributed by atoms with van der Waals surface area (Å²) in [7, 11) is 1.79. The topological polar surface area (TPSA) is 66.8 Å². The Morgan fingerprint density at radius 3 is 2.53 bits per heavy atom. The van der Waals surface area contributed by atoms with Crippen molar-refractivity contribution in [2.75, 3.05) is 25.2 Å². The maximum Gasteiger partial charge on any atom is 0.313 e. The Balaban J connectivity index is 2.44. The van der Waals surface area contributed by atoms with Gasteiger partial charge in [0.15, 0.2) is 0 Å². The van der Waals surface area contributed by atoms with Crippen molar-refractivity contribution in [2.45, 2.75) is 39.3 Å². The molecule has 0 aromatic rings. The van der Waals surface area contributed by atoms with Crippen LogP contribution in [0.1, 0.15) is 27.2 Å². The van der Waals surface area contributed by atoms with E-state index in [0.717, 1.165) is 18.2 Å². The van der Waals surface area contributed by atoms with E-state index in [1.165, 1.54) is 0 Å². The van der Waals surface area contributed by atoms with Gasteiger partial charge < -0.3 is 14.7 Å². The first-order chi connectivity index (χ1) is 8.80. The largest absolute Gasteiger partial charge is 0.481 e. The number of amides is 1. The molecule has 0 aromatic heterocycles. The van der Waals surface area contributed by atoms with E-state index < -0.39 is 5.97 Å². The Kier molecular flexibility index (Phi) is 5.67. The molecule has 1 amide bonds. The Hall–Kier alpha value is -0.750. The van der Waals surface area contributed by atoms with Crippen molar-refractivity contribution >= 4 is 23.6 Å². The fourth-order valence-corrected chi connectivity index (χ4v) is 3.16. The van der Waals surface area contributed by atoms with Crippen molar-refractivity contribution in [1.29, 1.82) is 0 Å². The highest BCUT2D eigenvalue weighted by atomic mass is 32.2. The lowest BCUT2D eigenvalue weighted by molar-refractivity contribution is -0.161. The minimum Gasteiger partial charge on any atom is -0.481 e. The summed E-state index contributed by atoms with van der Waals surface area (Å²) in [5.74, 6) is -0.718. The zero-order valence-electron chi connectivity index (χ0n) is 12.0. The van der Waals surface area contributed by atoms with Crippen LogP contribution in [0.4, 0.5) is 0 Å². The number of carbonyl (C=O) groups excluding carboxylic acids is 1. The molecule has 1 fully saturated rings. The number of hydrogen-bond donors (Lipinski definition) is 1. The van der Waals surface area contributed by atoms with E-state index in [0.29, 0.717) is 6.61 Å². The third-order valence-electron chi connectivity index (χ3n) is 3.81. The third-order valence-corrected chi connectivity index (χ3v) is 4.71. The standard InChI is InChI=1S/C13H23NO4S/c1-5-18-10-6-9(13(10,2)3)14(4)11(15)7-19-8-12(16)17/h9-10H,5-8H2,1-4H3,(H,16,17). The number of carboxylic acids is 1. The zero-order valence-corrected chi connectivity index (χ0v) is 12.8. The summed E-state index contributed by atoms with van der Waals surface area (Å²) < 4.78 is 5.64. The summed E-state index contributed by atoms with van der Waals surface area (Å²) in [6.07, 6.45) is 1.05. The van der Waals surface area contributed by atoms with E-state index in [2.05, 4.69) is 13.8 Å². The summed E-state index contributed by atoms with van der Waals surface area (Å²) >= 11 is 1.14. The molecule has 19 heavy (non-hydrogen) atoms. The fourth-order valence-electron chi connectivity index (χ4n) is 2.51. The molecule has 0 bridgehead atoms. The molecule has 1 rings (SSSR count). The Morgan fingerprint density at radius 1 is 1.42 bits per heavy atom. The molecule has 0 aliphatic heterocycles. The predicted octanol–water partition coefficient (Wildman–Crippen LogP) is 1.47. The number of thioether (sulfide) groups is 1. The van der Waals surface area contributed by atoms with Crippen LogP contribution in [0.3, 0.4) is 0 Å². The van der Waals surface area contributed by atoms with Gasteiger partial charge in [-0.1, -0.05) is 13.8 Å². The minimum absolute atomic E-state index is 0.0146. The SMILES string of the molecule is CCOC1CC(N(C)C(=O)CSCC(=O)O)C1(C)C. The second kappa shape index (κ2) is 6.61. The first kappa shape index (κ1) is 16.3. The van der Waals surface area contributed by atoms with Crippen molar-refractivity contribution in [3.8, 4) is 0 Å². The smallest absolute Gasteiger partial charge is 0.313 e. The highest BCUT2D eigenvalue weighted by molar-refractivity contribution is 8.00. The first-order valence-electron chi connectivity index (χ1n) is 6.47. The average Bonchev–Trinajstić information content (AvgIpc) is 2.32. The van der Waals surface area contributed by atoms with Crippen molar-refractivity contribution < 1.29 is 19.4 Å². The Bertz CT molecular complexity index is 346. The zero-order chi connectivity index (χ0) is 14.6. The molecular weight excluding hydrogens is 266 g/mol. The highest BCUT2D eigenvalue weighted by Gasteiger charge is 2.51. The summed E-state index contributed by atoms with van der Waals surface area (Å²) in [4.78, 5) is 24.1. The number of rotatable bonds is 7. The third kappa shape index (κ3) is 3.86. The second-order valence-electron chi connectivity index (χ2n) is 5.41. The quantitative estimate of drug-likeness (QED) is 0.768. The van der Waals surface area contributed by atoms with E-state index in [1.54, 1.807) is 11.9 Å². The van der Waals surface area contributed by atoms with Crippen LogP contribution in [-0.2, 0) is 14.3 Å². The maximum atomic E-state index is 12.0. The molecule has 2 atom stereocenters. The number of carboxylic acid groups (broad SMARTS) is 1. The van der Waals surface area contributed by atoms with Crippen molar-refractivity contribution in [1.82, 2.24) is 4.90 Å². The van der Waals surface area contributed by atoms with Crippen LogP contribution in [0.2, 0.25) is 0 Å². The van der Waals surface area contributed by atoms with E-state index in [4.69, 9.17) is 9.84 Å². The lowest BCUT2D eigenvalue weighted by Crippen LogP contribution is -2.62. The van der Waals surface area contributed by atoms with E-state index in [-0.39, 0.29) is 35.0 Å². The lowest BCUT2D eigenvalue weighted by atomic mass is 9.64. The van der Waals surface area contributed by atoms with Crippen LogP contribution < -0.4 is 0 Å². The minimum atomic E-state index is -0.888. The number of hydrogen-bond acceptors (Lipinski definition) is 4. The molecule has 0 radical (unpaired) electrons. The van der Waals surface area contributed by atoms with Gasteiger partial charge in [0.1, 0.15) is 0 Å². The molecule has 2 unspecified atom stereocenters. The van der Waals surface area contributed by atoms with E-state index >= 15 is 0 Å². The highest BCUT2D eigenvalue weighted by Crippen LogP contribution is 2.45. The number of nitrogens with zero attached hydrogens (tertiary/aromatic N) is 1. The number of ether oxygens (including phenoxy) is 1. The average molecular weight is 289 g/mol. The van der Waals surface area contributed by atoms with Gasteiger partial charge in [0.05, 0.1) is 17.6 Å². The first-order valence-corrected chi connectivity index (χ1v) is 7.63. The molecule has 0 aromatic carbocycles. The monoisotopic (exact) mass is 289 g/mol. The number of aliphatic carboxylic acids is 1. The normalized spacial score (nSPS) is 24.6. The Morgan fingerprint density at radius 2 is 2.05 bits per heavy atom. The van der Waals surface area contributed by atoms with Crippen molar-refractivity contribution in [2.24, 2.45) is 5.41 Å². The van der Waals surface area contributed by atoms with Gasteiger partial charge in [0.2, 0.25) is 5.91 Å². The van der Waals surface area contributed by atoms with Gasteiger partial charge in [-0.05, 0) is 13.3 Å². The predicted molar refractivity (Wildman–Crippen MR) is 75.3 cm³/mol. The van der Waals surface area contributed by atoms with E-state index in [1.807, 2.05) is 6.92 Å². The van der Waals surface area contributed by atoms with Gasteiger partial charge in [-0.3, -0.25) is 9.59 Å². The molecule has 0 heterocycles. The molecular formula is C13H23NO4S. The summed E-state index contributed by atoms with van der Waals surface area (Å²) in [5.41, 5.74) is -0.0438. The van der Waals surface area contributed by atoms with Gasteiger partial charge in [-0.25, -0.2) is 0 Å². The second-order valence-corrected chi connectivity index (χ2v) is 6.39. The van der Waals surface area contributed by atoms with E-state index in [9.17, 15) is 9.59 Å². The molecule has 6 heteroatoms. The van der Waals surface area contributed by atoms with Crippen LogP contribution in [0.25, 0.3) is 0 Å². The maximum absolute atomic E-state index is 12.0. The molecule has 110 valence electrons.